The van der Waals surface area contributed by atoms with Crippen molar-refractivity contribution < 1.29 is 13.9 Å². The Bertz CT molecular complexity index is 238. The molecule has 1 unspecified atom stereocenters. The molecule has 1 aromatic rings. The van der Waals surface area contributed by atoms with Gasteiger partial charge in [-0.2, -0.15) is 0 Å². The fourth-order valence-corrected chi connectivity index (χ4v) is 1.02. The van der Waals surface area contributed by atoms with Crippen LogP contribution in [0.3, 0.4) is 0 Å². The maximum atomic E-state index is 10.6. The van der Waals surface area contributed by atoms with E-state index in [0.29, 0.717) is 5.76 Å². The first-order valence-electron chi connectivity index (χ1n) is 3.94. The third kappa shape index (κ3) is 2.12. The molecule has 0 aliphatic rings. The number of hydrogen-bond donors (Lipinski definition) is 0. The molecule has 12 heavy (non-hydrogen) atoms. The minimum atomic E-state index is -0.279. The second kappa shape index (κ2) is 3.95. The zero-order valence-electron chi connectivity index (χ0n) is 7.24. The molecule has 1 aromatic heterocycles. The van der Waals surface area contributed by atoms with Crippen molar-refractivity contribution in [2.24, 2.45) is 0 Å². The molecule has 0 radical (unpaired) electrons. The molecule has 1 rings (SSSR count). The van der Waals surface area contributed by atoms with Crippen molar-refractivity contribution in [2.75, 3.05) is 0 Å². The van der Waals surface area contributed by atoms with Crippen LogP contribution in [0.15, 0.2) is 22.8 Å². The van der Waals surface area contributed by atoms with Crippen molar-refractivity contribution in [3.8, 4) is 0 Å². The summed E-state index contributed by atoms with van der Waals surface area (Å²) in [6.45, 7) is 3.34. The first-order chi connectivity index (χ1) is 5.74. The predicted molar refractivity (Wildman–Crippen MR) is 43.5 cm³/mol. The van der Waals surface area contributed by atoms with Gasteiger partial charge < -0.3 is 9.15 Å². The summed E-state index contributed by atoms with van der Waals surface area (Å²) in [6, 6.07) is 3.58. The van der Waals surface area contributed by atoms with Gasteiger partial charge in [-0.05, 0) is 18.6 Å². The van der Waals surface area contributed by atoms with Crippen LogP contribution >= 0.6 is 0 Å². The maximum Gasteiger partial charge on any atom is 0.303 e. The molecule has 3 heteroatoms. The zero-order valence-corrected chi connectivity index (χ0v) is 7.24. The number of rotatable bonds is 3. The lowest BCUT2D eigenvalue weighted by molar-refractivity contribution is -0.147. The molecule has 3 nitrogen and oxygen atoms in total. The van der Waals surface area contributed by atoms with Gasteiger partial charge in [0.15, 0.2) is 6.10 Å². The Morgan fingerprint density at radius 3 is 2.92 bits per heavy atom. The Morgan fingerprint density at radius 1 is 1.75 bits per heavy atom. The molecule has 0 amide bonds. The fourth-order valence-electron chi connectivity index (χ4n) is 1.02. The third-order valence-electron chi connectivity index (χ3n) is 1.54. The Morgan fingerprint density at radius 2 is 2.50 bits per heavy atom. The highest BCUT2D eigenvalue weighted by Gasteiger charge is 2.14. The normalized spacial score (nSPS) is 12.5. The van der Waals surface area contributed by atoms with Gasteiger partial charge in [0.05, 0.1) is 6.26 Å². The van der Waals surface area contributed by atoms with E-state index >= 15 is 0 Å². The average molecular weight is 168 g/mol. The molecule has 0 saturated heterocycles. The molecule has 1 atom stereocenters. The van der Waals surface area contributed by atoms with Gasteiger partial charge in [-0.25, -0.2) is 0 Å². The second-order valence-electron chi connectivity index (χ2n) is 2.52. The fraction of sp³-hybridized carbons (Fsp3) is 0.444. The van der Waals surface area contributed by atoms with Crippen molar-refractivity contribution in [2.45, 2.75) is 26.4 Å². The van der Waals surface area contributed by atoms with E-state index in [4.69, 9.17) is 9.15 Å². The van der Waals surface area contributed by atoms with Crippen LogP contribution in [-0.2, 0) is 9.53 Å². The van der Waals surface area contributed by atoms with E-state index in [1.54, 1.807) is 18.4 Å². The van der Waals surface area contributed by atoms with Crippen LogP contribution in [0, 0.1) is 0 Å². The van der Waals surface area contributed by atoms with Gasteiger partial charge in [0.25, 0.3) is 0 Å². The minimum absolute atomic E-state index is 0.238. The molecule has 0 aromatic carbocycles. The molecular weight excluding hydrogens is 156 g/mol. The van der Waals surface area contributed by atoms with E-state index in [1.165, 1.54) is 6.92 Å². The number of esters is 1. The summed E-state index contributed by atoms with van der Waals surface area (Å²) in [5.41, 5.74) is 0. The monoisotopic (exact) mass is 168 g/mol. The quantitative estimate of drug-likeness (QED) is 0.650. The third-order valence-corrected chi connectivity index (χ3v) is 1.54. The summed E-state index contributed by atoms with van der Waals surface area (Å²) in [7, 11) is 0. The molecule has 0 N–H and O–H groups in total. The molecule has 0 bridgehead atoms. The molecule has 0 spiro atoms. The standard InChI is InChI=1S/C9H12O3/c1-3-8(12-7(2)10)9-5-4-6-11-9/h4-6,8H,3H2,1-2H3. The Labute approximate surface area is 71.3 Å². The summed E-state index contributed by atoms with van der Waals surface area (Å²) in [6.07, 6.45) is 2.06. The van der Waals surface area contributed by atoms with Gasteiger partial charge in [-0.15, -0.1) is 0 Å². The van der Waals surface area contributed by atoms with Crippen molar-refractivity contribution in [1.82, 2.24) is 0 Å². The average Bonchev–Trinajstić information content (AvgIpc) is 2.51. The lowest BCUT2D eigenvalue weighted by atomic mass is 10.2. The molecule has 0 fully saturated rings. The number of hydrogen-bond acceptors (Lipinski definition) is 3. The Kier molecular flexibility index (Phi) is 2.91. The second-order valence-corrected chi connectivity index (χ2v) is 2.52. The van der Waals surface area contributed by atoms with Crippen LogP contribution in [0.1, 0.15) is 32.1 Å². The molecule has 0 aliphatic heterocycles. The molecule has 0 aliphatic carbocycles. The van der Waals surface area contributed by atoms with Crippen LogP contribution in [0.4, 0.5) is 0 Å². The molecule has 0 saturated carbocycles. The van der Waals surface area contributed by atoms with E-state index in [9.17, 15) is 4.79 Å². The van der Waals surface area contributed by atoms with Gasteiger partial charge in [-0.1, -0.05) is 6.92 Å². The largest absolute Gasteiger partial charge is 0.465 e. The highest BCUT2D eigenvalue weighted by atomic mass is 16.5. The summed E-state index contributed by atoms with van der Waals surface area (Å²) < 4.78 is 10.1. The van der Waals surface area contributed by atoms with Gasteiger partial charge in [-0.3, -0.25) is 4.79 Å². The van der Waals surface area contributed by atoms with E-state index < -0.39 is 0 Å². The molecule has 66 valence electrons. The van der Waals surface area contributed by atoms with Gasteiger partial charge in [0, 0.05) is 6.92 Å². The van der Waals surface area contributed by atoms with E-state index in [1.807, 2.05) is 6.92 Å². The number of furan rings is 1. The highest BCUT2D eigenvalue weighted by Crippen LogP contribution is 2.20. The van der Waals surface area contributed by atoms with Crippen molar-refractivity contribution >= 4 is 5.97 Å². The lowest BCUT2D eigenvalue weighted by Crippen LogP contribution is -2.06. The topological polar surface area (TPSA) is 39.4 Å². The maximum absolute atomic E-state index is 10.6. The number of carbonyl (C=O) groups is 1. The van der Waals surface area contributed by atoms with Crippen LogP contribution in [0.2, 0.25) is 0 Å². The van der Waals surface area contributed by atoms with Gasteiger partial charge in [0.2, 0.25) is 0 Å². The van der Waals surface area contributed by atoms with Crippen LogP contribution < -0.4 is 0 Å². The minimum Gasteiger partial charge on any atom is -0.465 e. The Balaban J connectivity index is 2.63. The summed E-state index contributed by atoms with van der Waals surface area (Å²) >= 11 is 0. The summed E-state index contributed by atoms with van der Waals surface area (Å²) in [5.74, 6) is 0.422. The van der Waals surface area contributed by atoms with Crippen LogP contribution in [0.25, 0.3) is 0 Å². The Hall–Kier alpha value is -1.25. The van der Waals surface area contributed by atoms with E-state index in [2.05, 4.69) is 0 Å². The van der Waals surface area contributed by atoms with Crippen molar-refractivity contribution in [3.05, 3.63) is 24.2 Å². The lowest BCUT2D eigenvalue weighted by Gasteiger charge is -2.11. The van der Waals surface area contributed by atoms with Crippen LogP contribution in [-0.4, -0.2) is 5.97 Å². The van der Waals surface area contributed by atoms with Crippen molar-refractivity contribution in [1.29, 1.82) is 0 Å². The molecule has 1 heterocycles. The number of ether oxygens (including phenoxy) is 1. The first kappa shape index (κ1) is 8.84. The van der Waals surface area contributed by atoms with E-state index in [-0.39, 0.29) is 12.1 Å². The smallest absolute Gasteiger partial charge is 0.303 e. The van der Waals surface area contributed by atoms with E-state index in [0.717, 1.165) is 6.42 Å². The van der Waals surface area contributed by atoms with Crippen LogP contribution in [0.5, 0.6) is 0 Å². The van der Waals surface area contributed by atoms with Gasteiger partial charge in [0.1, 0.15) is 5.76 Å². The van der Waals surface area contributed by atoms with Crippen molar-refractivity contribution in [3.63, 3.8) is 0 Å². The zero-order chi connectivity index (χ0) is 8.97. The first-order valence-corrected chi connectivity index (χ1v) is 3.94. The predicted octanol–water partition coefficient (Wildman–Crippen LogP) is 2.29. The molecular formula is C9H12O3. The van der Waals surface area contributed by atoms with Gasteiger partial charge >= 0.3 is 5.97 Å². The summed E-state index contributed by atoms with van der Waals surface area (Å²) in [4.78, 5) is 10.6. The SMILES string of the molecule is CCC(OC(C)=O)c1ccco1. The number of carbonyl (C=O) groups excluding carboxylic acids is 1. The highest BCUT2D eigenvalue weighted by molar-refractivity contribution is 5.66. The summed E-state index contributed by atoms with van der Waals surface area (Å²) in [5, 5.41) is 0.